The van der Waals surface area contributed by atoms with Crippen molar-refractivity contribution in [1.29, 1.82) is 0 Å². The van der Waals surface area contributed by atoms with Gasteiger partial charge < -0.3 is 14.8 Å². The van der Waals surface area contributed by atoms with Crippen LogP contribution in [0.3, 0.4) is 0 Å². The van der Waals surface area contributed by atoms with Gasteiger partial charge in [-0.25, -0.2) is 9.10 Å². The molecular formula is C24H32N4O5S. The minimum atomic E-state index is -3.80. The molecule has 2 unspecified atom stereocenters. The number of piperidine rings is 1. The first kappa shape index (κ1) is 24.3. The van der Waals surface area contributed by atoms with Crippen molar-refractivity contribution in [3.8, 4) is 0 Å². The number of nitrogens with zero attached hydrogens (tertiary/aromatic N) is 3. The van der Waals surface area contributed by atoms with Gasteiger partial charge in [-0.2, -0.15) is 8.42 Å². The van der Waals surface area contributed by atoms with Crippen LogP contribution < -0.4 is 14.1 Å². The number of unbranched alkanes of at least 4 members (excludes halogenated alkanes) is 1. The predicted octanol–water partition coefficient (Wildman–Crippen LogP) is 3.97. The number of hydrogen-bond donors (Lipinski definition) is 2. The van der Waals surface area contributed by atoms with Gasteiger partial charge >= 0.3 is 16.4 Å². The van der Waals surface area contributed by atoms with Crippen LogP contribution in [0.15, 0.2) is 54.6 Å². The molecular weight excluding hydrogens is 456 g/mol. The quantitative estimate of drug-likeness (QED) is 0.515. The Balaban J connectivity index is 1.54. The third-order valence-electron chi connectivity index (χ3n) is 6.52. The first-order valence-corrected chi connectivity index (χ1v) is 13.2. The first-order chi connectivity index (χ1) is 16.4. The number of hydroxylamine groups is 1. The zero-order valence-electron chi connectivity index (χ0n) is 19.3. The smallest absolute Gasteiger partial charge is 0.448 e. The number of fused-ring (bicyclic) bond motifs is 1. The van der Waals surface area contributed by atoms with E-state index in [-0.39, 0.29) is 12.0 Å². The molecule has 9 nitrogen and oxygen atoms in total. The van der Waals surface area contributed by atoms with Crippen molar-refractivity contribution in [2.24, 2.45) is 5.92 Å². The number of carboxylic acid groups (broad SMARTS) is 1. The third kappa shape index (κ3) is 5.13. The summed E-state index contributed by atoms with van der Waals surface area (Å²) in [6.45, 7) is 5.04. The average Bonchev–Trinajstić information content (AvgIpc) is 3.06. The summed E-state index contributed by atoms with van der Waals surface area (Å²) in [5, 5.41) is 8.93. The van der Waals surface area contributed by atoms with E-state index in [2.05, 4.69) is 22.1 Å². The highest BCUT2D eigenvalue weighted by Crippen LogP contribution is 2.45. The second kappa shape index (κ2) is 10.6. The van der Waals surface area contributed by atoms with Crippen molar-refractivity contribution in [3.05, 3.63) is 54.6 Å². The van der Waals surface area contributed by atoms with Crippen LogP contribution in [0.2, 0.25) is 0 Å². The number of anilines is 3. The molecule has 0 amide bonds. The molecule has 184 valence electrons. The van der Waals surface area contributed by atoms with Crippen molar-refractivity contribution in [2.45, 2.75) is 38.6 Å². The molecule has 1 saturated heterocycles. The molecule has 2 atom stereocenters. The first-order valence-electron chi connectivity index (χ1n) is 11.8. The van der Waals surface area contributed by atoms with Gasteiger partial charge in [0.1, 0.15) is 0 Å². The molecule has 0 spiro atoms. The Morgan fingerprint density at radius 2 is 1.79 bits per heavy atom. The van der Waals surface area contributed by atoms with E-state index in [0.29, 0.717) is 30.0 Å². The van der Waals surface area contributed by atoms with Gasteiger partial charge in [0, 0.05) is 19.1 Å². The van der Waals surface area contributed by atoms with Crippen LogP contribution in [0, 0.1) is 5.92 Å². The molecule has 0 aromatic heterocycles. The van der Waals surface area contributed by atoms with Gasteiger partial charge in [-0.1, -0.05) is 43.7 Å². The van der Waals surface area contributed by atoms with Gasteiger partial charge in [-0.3, -0.25) is 4.31 Å². The molecule has 2 aliphatic heterocycles. The largest absolute Gasteiger partial charge is 0.525 e. The fourth-order valence-electron chi connectivity index (χ4n) is 4.81. The van der Waals surface area contributed by atoms with E-state index in [4.69, 9.17) is 5.11 Å². The van der Waals surface area contributed by atoms with Crippen molar-refractivity contribution in [1.82, 2.24) is 10.4 Å². The fourth-order valence-corrected chi connectivity index (χ4v) is 6.54. The van der Waals surface area contributed by atoms with E-state index in [9.17, 15) is 13.2 Å². The van der Waals surface area contributed by atoms with Crippen LogP contribution in [-0.2, 0) is 15.0 Å². The zero-order valence-corrected chi connectivity index (χ0v) is 20.2. The lowest BCUT2D eigenvalue weighted by Crippen LogP contribution is -2.51. The Morgan fingerprint density at radius 3 is 2.50 bits per heavy atom. The predicted molar refractivity (Wildman–Crippen MR) is 131 cm³/mol. The molecule has 34 heavy (non-hydrogen) atoms. The van der Waals surface area contributed by atoms with Crippen LogP contribution in [0.5, 0.6) is 0 Å². The molecule has 0 saturated carbocycles. The molecule has 2 aliphatic rings. The summed E-state index contributed by atoms with van der Waals surface area (Å²) >= 11 is 0. The van der Waals surface area contributed by atoms with Crippen LogP contribution in [-0.4, -0.2) is 56.8 Å². The van der Waals surface area contributed by atoms with Gasteiger partial charge in [0.05, 0.1) is 17.1 Å². The number of para-hydroxylation sites is 3. The van der Waals surface area contributed by atoms with Gasteiger partial charge in [0.25, 0.3) is 0 Å². The SMILES string of the molecule is CCCCN1CCC(NOC(=O)O)C(CCN2c3ccccc3N(c3ccccc3)S2(=O)=O)C1. The molecule has 0 aliphatic carbocycles. The highest BCUT2D eigenvalue weighted by atomic mass is 32.2. The van der Waals surface area contributed by atoms with Crippen molar-refractivity contribution < 1.29 is 23.2 Å². The molecule has 1 fully saturated rings. The third-order valence-corrected chi connectivity index (χ3v) is 8.32. The van der Waals surface area contributed by atoms with E-state index < -0.39 is 16.4 Å². The minimum absolute atomic E-state index is 0.0399. The molecule has 0 radical (unpaired) electrons. The van der Waals surface area contributed by atoms with Crippen molar-refractivity contribution in [2.75, 3.05) is 34.8 Å². The Bertz CT molecular complexity index is 1080. The van der Waals surface area contributed by atoms with E-state index in [1.807, 2.05) is 42.5 Å². The number of benzene rings is 2. The highest BCUT2D eigenvalue weighted by Gasteiger charge is 2.41. The van der Waals surface area contributed by atoms with Crippen LogP contribution in [0.1, 0.15) is 32.6 Å². The lowest BCUT2D eigenvalue weighted by molar-refractivity contribution is -0.00386. The average molecular weight is 489 g/mol. The zero-order chi connectivity index (χ0) is 24.1. The van der Waals surface area contributed by atoms with E-state index in [0.717, 1.165) is 38.9 Å². The van der Waals surface area contributed by atoms with Gasteiger partial charge in [0.15, 0.2) is 0 Å². The second-order valence-electron chi connectivity index (χ2n) is 8.75. The van der Waals surface area contributed by atoms with E-state index >= 15 is 0 Å². The molecule has 2 aromatic carbocycles. The summed E-state index contributed by atoms with van der Waals surface area (Å²) in [6.07, 6.45) is 2.13. The summed E-state index contributed by atoms with van der Waals surface area (Å²) in [4.78, 5) is 18.0. The summed E-state index contributed by atoms with van der Waals surface area (Å²) in [7, 11) is -3.80. The Kier molecular flexibility index (Phi) is 7.60. The van der Waals surface area contributed by atoms with Crippen molar-refractivity contribution in [3.63, 3.8) is 0 Å². The normalized spacial score (nSPS) is 21.9. The van der Waals surface area contributed by atoms with Crippen LogP contribution in [0.4, 0.5) is 21.9 Å². The Hall–Kier alpha value is -2.82. The van der Waals surface area contributed by atoms with Gasteiger partial charge in [0.2, 0.25) is 0 Å². The maximum absolute atomic E-state index is 13.6. The summed E-state index contributed by atoms with van der Waals surface area (Å²) in [5.41, 5.74) is 4.57. The van der Waals surface area contributed by atoms with E-state index in [1.54, 1.807) is 12.1 Å². The van der Waals surface area contributed by atoms with Crippen LogP contribution >= 0.6 is 0 Å². The lowest BCUT2D eigenvalue weighted by Gasteiger charge is -2.38. The Morgan fingerprint density at radius 1 is 1.09 bits per heavy atom. The molecule has 10 heteroatoms. The molecule has 2 aromatic rings. The maximum Gasteiger partial charge on any atom is 0.525 e. The molecule has 4 rings (SSSR count). The molecule has 2 heterocycles. The summed E-state index contributed by atoms with van der Waals surface area (Å²) < 4.78 is 30.2. The standard InChI is InChI=1S/C24H32N4O5S/c1-2-3-15-26-16-14-21(25-33-24(29)30)19(18-26)13-17-27-22-11-7-8-12-23(22)28(34(27,31)32)20-9-5-4-6-10-20/h4-12,19,21,25H,2-3,13-18H2,1H3,(H,29,30). The maximum atomic E-state index is 13.6. The lowest BCUT2D eigenvalue weighted by atomic mass is 9.89. The summed E-state index contributed by atoms with van der Waals surface area (Å²) in [5.74, 6) is 0.0399. The summed E-state index contributed by atoms with van der Waals surface area (Å²) in [6, 6.07) is 16.2. The Labute approximate surface area is 201 Å². The monoisotopic (exact) mass is 488 g/mol. The molecule has 2 N–H and O–H groups in total. The number of carbonyl (C=O) groups is 1. The number of nitrogens with one attached hydrogen (secondary N) is 1. The van der Waals surface area contributed by atoms with E-state index in [1.165, 1.54) is 8.61 Å². The fraction of sp³-hybridized carbons (Fsp3) is 0.458. The van der Waals surface area contributed by atoms with Crippen molar-refractivity contribution >= 4 is 33.4 Å². The number of likely N-dealkylation sites (tertiary alicyclic amines) is 1. The van der Waals surface area contributed by atoms with Crippen LogP contribution in [0.25, 0.3) is 0 Å². The second-order valence-corrected chi connectivity index (χ2v) is 10.5. The minimum Gasteiger partial charge on any atom is -0.448 e. The number of rotatable bonds is 9. The highest BCUT2D eigenvalue weighted by molar-refractivity contribution is 7.95. The van der Waals surface area contributed by atoms with Gasteiger partial charge in [-0.15, -0.1) is 5.48 Å². The number of hydrogen-bond acceptors (Lipinski definition) is 6. The van der Waals surface area contributed by atoms with Gasteiger partial charge in [-0.05, 0) is 62.5 Å². The molecule has 0 bridgehead atoms. The topological polar surface area (TPSA) is 102 Å².